The molecule has 2 N–H and O–H groups in total. The van der Waals surface area contributed by atoms with Crippen LogP contribution in [-0.4, -0.2) is 32.2 Å². The van der Waals surface area contributed by atoms with Gasteiger partial charge in [0.05, 0.1) is 24.5 Å². The van der Waals surface area contributed by atoms with Crippen LogP contribution in [0.1, 0.15) is 35.0 Å². The van der Waals surface area contributed by atoms with E-state index in [4.69, 9.17) is 0 Å². The third kappa shape index (κ3) is 5.64. The average Bonchev–Trinajstić information content (AvgIpc) is 3.00. The summed E-state index contributed by atoms with van der Waals surface area (Å²) in [5.74, 6) is -0.345. The van der Waals surface area contributed by atoms with Crippen LogP contribution in [0.25, 0.3) is 0 Å². The molecule has 0 radical (unpaired) electrons. The van der Waals surface area contributed by atoms with Gasteiger partial charge in [-0.15, -0.1) is 12.4 Å². The molecule has 0 unspecified atom stereocenters. The quantitative estimate of drug-likeness (QED) is 0.793. The maximum absolute atomic E-state index is 12.8. The fraction of sp³-hybridized carbons (Fsp3) is 0.500. The highest BCUT2D eigenvalue weighted by molar-refractivity contribution is 5.85. The number of rotatable bonds is 5. The van der Waals surface area contributed by atoms with Crippen LogP contribution in [0.3, 0.4) is 0 Å². The molecule has 1 aliphatic rings. The molecule has 27 heavy (non-hydrogen) atoms. The van der Waals surface area contributed by atoms with Crippen molar-refractivity contribution in [3.05, 3.63) is 40.7 Å². The summed E-state index contributed by atoms with van der Waals surface area (Å²) in [5, 5.41) is 10.2. The van der Waals surface area contributed by atoms with Crippen LogP contribution in [0, 0.1) is 6.92 Å². The number of nitrogens with one attached hydrogen (secondary N) is 2. The molecule has 3 heterocycles. The predicted octanol–water partition coefficient (Wildman–Crippen LogP) is 1.77. The first-order valence-corrected chi connectivity index (χ1v) is 8.26. The van der Waals surface area contributed by atoms with Gasteiger partial charge in [0.25, 0.3) is 0 Å². The zero-order chi connectivity index (χ0) is 18.7. The number of carbonyl (C=O) groups excluding carboxylic acids is 1. The minimum absolute atomic E-state index is 0. The Morgan fingerprint density at radius 1 is 1.33 bits per heavy atom. The van der Waals surface area contributed by atoms with E-state index in [1.807, 2.05) is 10.7 Å². The summed E-state index contributed by atoms with van der Waals surface area (Å²) in [4.78, 5) is 19.4. The van der Waals surface area contributed by atoms with Crippen LogP contribution in [0.5, 0.6) is 0 Å². The standard InChI is InChI=1S/C16H19F3N6O.ClH/c1-10-6-13(16(17,18)19)23-14(22-10)9-21-15(26)3-2-11-7-12-8-20-4-5-25(12)24-11;/h6-7,20H,2-5,8-9H2,1H3,(H,21,26);1H. The molecule has 0 bridgehead atoms. The van der Waals surface area contributed by atoms with Crippen molar-refractivity contribution >= 4 is 18.3 Å². The molecule has 1 amide bonds. The summed E-state index contributed by atoms with van der Waals surface area (Å²) >= 11 is 0. The van der Waals surface area contributed by atoms with E-state index < -0.39 is 11.9 Å². The van der Waals surface area contributed by atoms with Gasteiger partial charge in [-0.05, 0) is 19.1 Å². The Morgan fingerprint density at radius 2 is 2.11 bits per heavy atom. The molecule has 2 aromatic rings. The van der Waals surface area contributed by atoms with E-state index in [1.54, 1.807) is 0 Å². The van der Waals surface area contributed by atoms with E-state index in [2.05, 4.69) is 25.7 Å². The van der Waals surface area contributed by atoms with Gasteiger partial charge in [-0.25, -0.2) is 9.97 Å². The van der Waals surface area contributed by atoms with Gasteiger partial charge in [0.15, 0.2) is 0 Å². The fourth-order valence-corrected chi connectivity index (χ4v) is 2.74. The van der Waals surface area contributed by atoms with E-state index in [0.29, 0.717) is 6.42 Å². The van der Waals surface area contributed by atoms with E-state index in [0.717, 1.165) is 37.1 Å². The van der Waals surface area contributed by atoms with E-state index >= 15 is 0 Å². The molecule has 0 fully saturated rings. The predicted molar refractivity (Wildman–Crippen MR) is 93.1 cm³/mol. The van der Waals surface area contributed by atoms with Gasteiger partial charge >= 0.3 is 6.18 Å². The molecular weight excluding hydrogens is 385 g/mol. The van der Waals surface area contributed by atoms with Crippen LogP contribution >= 0.6 is 12.4 Å². The SMILES string of the molecule is Cc1cc(C(F)(F)F)nc(CNC(=O)CCc2cc3n(n2)CCNC3)n1.Cl. The molecule has 0 atom stereocenters. The smallest absolute Gasteiger partial charge is 0.349 e. The lowest BCUT2D eigenvalue weighted by Gasteiger charge is -2.13. The molecule has 3 rings (SSSR count). The van der Waals surface area contributed by atoms with Crippen LogP contribution in [0.2, 0.25) is 0 Å². The highest BCUT2D eigenvalue weighted by Crippen LogP contribution is 2.27. The molecule has 0 saturated heterocycles. The monoisotopic (exact) mass is 404 g/mol. The number of aromatic nitrogens is 4. The maximum Gasteiger partial charge on any atom is 0.433 e. The largest absolute Gasteiger partial charge is 0.433 e. The highest BCUT2D eigenvalue weighted by Gasteiger charge is 2.33. The molecule has 0 aliphatic carbocycles. The first-order valence-electron chi connectivity index (χ1n) is 8.26. The summed E-state index contributed by atoms with van der Waals surface area (Å²) in [6.07, 6.45) is -3.88. The number of halogens is 4. The Hall–Kier alpha value is -2.20. The van der Waals surface area contributed by atoms with Crippen molar-refractivity contribution in [2.75, 3.05) is 6.54 Å². The first-order chi connectivity index (χ1) is 12.3. The topological polar surface area (TPSA) is 84.7 Å². The van der Waals surface area contributed by atoms with Crippen molar-refractivity contribution in [1.29, 1.82) is 0 Å². The lowest BCUT2D eigenvalue weighted by atomic mass is 10.2. The molecule has 11 heteroatoms. The molecule has 1 aliphatic heterocycles. The molecule has 0 spiro atoms. The van der Waals surface area contributed by atoms with Gasteiger partial charge in [-0.3, -0.25) is 9.48 Å². The van der Waals surface area contributed by atoms with Crippen molar-refractivity contribution in [3.8, 4) is 0 Å². The maximum atomic E-state index is 12.8. The van der Waals surface area contributed by atoms with Crippen LogP contribution in [0.4, 0.5) is 13.2 Å². The third-order valence-electron chi connectivity index (χ3n) is 3.96. The molecule has 2 aromatic heterocycles. The Balaban J connectivity index is 0.00000261. The Morgan fingerprint density at radius 3 is 2.81 bits per heavy atom. The summed E-state index contributed by atoms with van der Waals surface area (Å²) in [5.41, 5.74) is 1.10. The second-order valence-electron chi connectivity index (χ2n) is 6.11. The van der Waals surface area contributed by atoms with Crippen molar-refractivity contribution in [3.63, 3.8) is 0 Å². The van der Waals surface area contributed by atoms with Crippen molar-refractivity contribution < 1.29 is 18.0 Å². The number of hydrogen-bond acceptors (Lipinski definition) is 5. The number of fused-ring (bicyclic) bond motifs is 1. The van der Waals surface area contributed by atoms with E-state index in [1.165, 1.54) is 6.92 Å². The minimum Gasteiger partial charge on any atom is -0.349 e. The molecule has 0 aromatic carbocycles. The number of hydrogen-bond donors (Lipinski definition) is 2. The molecule has 7 nitrogen and oxygen atoms in total. The van der Waals surface area contributed by atoms with E-state index in [9.17, 15) is 18.0 Å². The highest BCUT2D eigenvalue weighted by atomic mass is 35.5. The normalized spacial score (nSPS) is 13.6. The van der Waals surface area contributed by atoms with Crippen molar-refractivity contribution in [2.24, 2.45) is 0 Å². The van der Waals surface area contributed by atoms with Gasteiger partial charge in [0, 0.05) is 31.6 Å². The summed E-state index contributed by atoms with van der Waals surface area (Å²) in [7, 11) is 0. The number of carbonyl (C=O) groups is 1. The molecular formula is C16H20ClF3N6O. The number of aryl methyl sites for hydroxylation is 2. The van der Waals surface area contributed by atoms with Crippen molar-refractivity contribution in [1.82, 2.24) is 30.4 Å². The van der Waals surface area contributed by atoms with Crippen molar-refractivity contribution in [2.45, 2.75) is 45.6 Å². The average molecular weight is 405 g/mol. The fourth-order valence-electron chi connectivity index (χ4n) is 2.74. The number of alkyl halides is 3. The van der Waals surface area contributed by atoms with Crippen LogP contribution < -0.4 is 10.6 Å². The van der Waals surface area contributed by atoms with Gasteiger partial charge < -0.3 is 10.6 Å². The minimum atomic E-state index is -4.54. The molecule has 0 saturated carbocycles. The van der Waals surface area contributed by atoms with Gasteiger partial charge in [0.2, 0.25) is 5.91 Å². The zero-order valence-corrected chi connectivity index (χ0v) is 15.5. The lowest BCUT2D eigenvalue weighted by molar-refractivity contribution is -0.141. The first kappa shape index (κ1) is 21.1. The Kier molecular flexibility index (Phi) is 6.77. The Labute approximate surface area is 160 Å². The number of nitrogens with zero attached hydrogens (tertiary/aromatic N) is 4. The second kappa shape index (κ2) is 8.66. The number of amides is 1. The van der Waals surface area contributed by atoms with Gasteiger partial charge in [0.1, 0.15) is 11.5 Å². The van der Waals surface area contributed by atoms with Gasteiger partial charge in [-0.2, -0.15) is 18.3 Å². The summed E-state index contributed by atoms with van der Waals surface area (Å²) in [6.45, 7) is 3.73. The zero-order valence-electron chi connectivity index (χ0n) is 14.6. The third-order valence-corrected chi connectivity index (χ3v) is 3.96. The van der Waals surface area contributed by atoms with E-state index in [-0.39, 0.29) is 42.8 Å². The lowest BCUT2D eigenvalue weighted by Crippen LogP contribution is -2.28. The second-order valence-corrected chi connectivity index (χ2v) is 6.11. The summed E-state index contributed by atoms with van der Waals surface area (Å²) < 4.78 is 40.2. The Bertz CT molecular complexity index is 784. The molecule has 148 valence electrons. The van der Waals surface area contributed by atoms with Crippen LogP contribution in [0.15, 0.2) is 12.1 Å². The van der Waals surface area contributed by atoms with Gasteiger partial charge in [-0.1, -0.05) is 0 Å². The van der Waals surface area contributed by atoms with Crippen LogP contribution in [-0.2, 0) is 37.0 Å². The summed E-state index contributed by atoms with van der Waals surface area (Å²) in [6, 6.07) is 2.83.